The molecule has 2 N–H and O–H groups in total. The third kappa shape index (κ3) is 4.08. The number of carbonyl (C=O) groups excluding carboxylic acids is 2. The van der Waals surface area contributed by atoms with Crippen LogP contribution in [0.5, 0.6) is 0 Å². The summed E-state index contributed by atoms with van der Waals surface area (Å²) < 4.78 is 1.55. The highest BCUT2D eigenvalue weighted by Crippen LogP contribution is 2.36. The van der Waals surface area contributed by atoms with Gasteiger partial charge in [0.05, 0.1) is 11.1 Å². The summed E-state index contributed by atoms with van der Waals surface area (Å²) in [6, 6.07) is -0.562. The highest BCUT2D eigenvalue weighted by atomic mass is 32.2. The first-order valence-corrected chi connectivity index (χ1v) is 10.5. The molecule has 27 heavy (non-hydrogen) atoms. The van der Waals surface area contributed by atoms with Crippen molar-refractivity contribution in [3.8, 4) is 0 Å². The Labute approximate surface area is 165 Å². The van der Waals surface area contributed by atoms with Gasteiger partial charge in [0.15, 0.2) is 5.16 Å². The molecule has 0 spiro atoms. The molecule has 0 aromatic carbocycles. The van der Waals surface area contributed by atoms with Crippen molar-refractivity contribution in [2.75, 3.05) is 12.8 Å². The van der Waals surface area contributed by atoms with Crippen LogP contribution < -0.4 is 16.2 Å². The van der Waals surface area contributed by atoms with Crippen molar-refractivity contribution in [2.24, 2.45) is 5.92 Å². The number of fused-ring (bicyclic) bond motifs is 3. The molecular formula is C18H22N4O3S2. The summed E-state index contributed by atoms with van der Waals surface area (Å²) in [6.45, 7) is 6.27. The lowest BCUT2D eigenvalue weighted by Crippen LogP contribution is -2.38. The largest absolute Gasteiger partial charge is 0.341 e. The number of nitrogens with zero attached hydrogens (tertiary/aromatic N) is 2. The zero-order valence-corrected chi connectivity index (χ0v) is 17.0. The fourth-order valence-electron chi connectivity index (χ4n) is 3.16. The molecule has 1 aliphatic rings. The van der Waals surface area contributed by atoms with Crippen molar-refractivity contribution >= 4 is 45.3 Å². The molecule has 0 aliphatic heterocycles. The van der Waals surface area contributed by atoms with Gasteiger partial charge in [0.1, 0.15) is 4.83 Å². The lowest BCUT2D eigenvalue weighted by molar-refractivity contribution is -0.117. The average molecular weight is 407 g/mol. The molecule has 2 aromatic heterocycles. The van der Waals surface area contributed by atoms with E-state index in [0.717, 1.165) is 41.4 Å². The molecule has 0 fully saturated rings. The van der Waals surface area contributed by atoms with E-state index in [-0.39, 0.29) is 11.3 Å². The van der Waals surface area contributed by atoms with E-state index in [0.29, 0.717) is 23.0 Å². The van der Waals surface area contributed by atoms with Gasteiger partial charge < -0.3 is 5.32 Å². The molecule has 1 atom stereocenters. The quantitative estimate of drug-likeness (QED) is 0.452. The van der Waals surface area contributed by atoms with Crippen LogP contribution in [-0.2, 0) is 24.2 Å². The number of rotatable bonds is 5. The van der Waals surface area contributed by atoms with Crippen LogP contribution in [0.4, 0.5) is 4.79 Å². The Morgan fingerprint density at radius 1 is 1.48 bits per heavy atom. The van der Waals surface area contributed by atoms with Crippen LogP contribution >= 0.6 is 23.1 Å². The predicted molar refractivity (Wildman–Crippen MR) is 109 cm³/mol. The molecule has 2 aromatic rings. The maximum atomic E-state index is 13.1. The minimum absolute atomic E-state index is 0.00929. The number of thioether (sulfide) groups is 1. The van der Waals surface area contributed by atoms with Crippen molar-refractivity contribution < 1.29 is 9.59 Å². The maximum Gasteiger partial charge on any atom is 0.321 e. The summed E-state index contributed by atoms with van der Waals surface area (Å²) in [5.74, 6) is 0.159. The van der Waals surface area contributed by atoms with Gasteiger partial charge in [-0.2, -0.15) is 0 Å². The smallest absolute Gasteiger partial charge is 0.321 e. The number of urea groups is 1. The maximum absolute atomic E-state index is 13.1. The Kier molecular flexibility index (Phi) is 6.01. The highest BCUT2D eigenvalue weighted by molar-refractivity contribution is 7.99. The van der Waals surface area contributed by atoms with Gasteiger partial charge in [0.2, 0.25) is 5.91 Å². The summed E-state index contributed by atoms with van der Waals surface area (Å²) in [4.78, 5) is 42.9. The molecule has 9 heteroatoms. The Morgan fingerprint density at radius 2 is 2.26 bits per heavy atom. The Morgan fingerprint density at radius 3 is 2.96 bits per heavy atom. The number of hydrogen-bond donors (Lipinski definition) is 2. The van der Waals surface area contributed by atoms with Crippen LogP contribution in [0.3, 0.4) is 0 Å². The Balaban J connectivity index is 1.96. The van der Waals surface area contributed by atoms with Gasteiger partial charge >= 0.3 is 6.03 Å². The van der Waals surface area contributed by atoms with E-state index in [1.54, 1.807) is 22.0 Å². The third-order valence-electron chi connectivity index (χ3n) is 4.50. The molecule has 7 nitrogen and oxygen atoms in total. The number of amides is 3. The first-order chi connectivity index (χ1) is 12.9. The lowest BCUT2D eigenvalue weighted by Gasteiger charge is -2.17. The number of hydrogen-bond acceptors (Lipinski definition) is 6. The van der Waals surface area contributed by atoms with E-state index in [1.807, 2.05) is 0 Å². The number of aryl methyl sites for hydroxylation is 1. The Hall–Kier alpha value is -2.13. The zero-order chi connectivity index (χ0) is 19.6. The summed E-state index contributed by atoms with van der Waals surface area (Å²) in [7, 11) is 1.44. The van der Waals surface area contributed by atoms with Gasteiger partial charge in [-0.15, -0.1) is 17.9 Å². The third-order valence-corrected chi connectivity index (χ3v) is 6.63. The molecule has 0 bridgehead atoms. The number of thiophene rings is 1. The number of allylic oxidation sites excluding steroid dienone is 1. The van der Waals surface area contributed by atoms with Crippen LogP contribution in [0.1, 0.15) is 23.8 Å². The highest BCUT2D eigenvalue weighted by Gasteiger charge is 2.24. The van der Waals surface area contributed by atoms with Crippen LogP contribution in [0.2, 0.25) is 0 Å². The fraction of sp³-hybridized carbons (Fsp3) is 0.444. The van der Waals surface area contributed by atoms with E-state index in [1.165, 1.54) is 11.9 Å². The lowest BCUT2D eigenvalue weighted by atomic mass is 9.89. The molecule has 2 heterocycles. The van der Waals surface area contributed by atoms with E-state index in [2.05, 4.69) is 29.1 Å². The minimum Gasteiger partial charge on any atom is -0.341 e. The van der Waals surface area contributed by atoms with Gasteiger partial charge in [-0.1, -0.05) is 24.8 Å². The standard InChI is InChI=1S/C18H22N4O3S2/c1-4-7-22-16(24)14-11-6-5-10(2)8-12(11)27-15(14)21-18(22)26-9-13(23)20-17(25)19-3/h4,10H,1,5-9H2,2-3H3,(H2,19,20,23,25). The zero-order valence-electron chi connectivity index (χ0n) is 15.3. The second-order valence-electron chi connectivity index (χ2n) is 6.55. The van der Waals surface area contributed by atoms with Gasteiger partial charge in [-0.05, 0) is 30.7 Å². The van der Waals surface area contributed by atoms with Gasteiger partial charge in [0, 0.05) is 18.5 Å². The number of carbonyl (C=O) groups is 2. The Bertz CT molecular complexity index is 964. The molecule has 1 aliphatic carbocycles. The van der Waals surface area contributed by atoms with E-state index in [9.17, 15) is 14.4 Å². The molecule has 1 unspecified atom stereocenters. The van der Waals surface area contributed by atoms with Gasteiger partial charge in [-0.25, -0.2) is 9.78 Å². The van der Waals surface area contributed by atoms with E-state index < -0.39 is 11.9 Å². The summed E-state index contributed by atoms with van der Waals surface area (Å²) in [6.07, 6.45) is 4.61. The summed E-state index contributed by atoms with van der Waals surface area (Å²) >= 11 is 2.72. The second-order valence-corrected chi connectivity index (χ2v) is 8.57. The monoisotopic (exact) mass is 406 g/mol. The molecule has 3 rings (SSSR count). The van der Waals surface area contributed by atoms with Gasteiger partial charge in [-0.3, -0.25) is 19.5 Å². The average Bonchev–Trinajstić information content (AvgIpc) is 2.99. The molecule has 0 radical (unpaired) electrons. The number of imide groups is 1. The number of aromatic nitrogens is 2. The topological polar surface area (TPSA) is 93.1 Å². The van der Waals surface area contributed by atoms with Crippen molar-refractivity contribution in [1.82, 2.24) is 20.2 Å². The van der Waals surface area contributed by atoms with Crippen LogP contribution in [0.25, 0.3) is 10.2 Å². The summed E-state index contributed by atoms with van der Waals surface area (Å²) in [5, 5.41) is 5.71. The van der Waals surface area contributed by atoms with Crippen molar-refractivity contribution in [3.05, 3.63) is 33.4 Å². The van der Waals surface area contributed by atoms with Crippen molar-refractivity contribution in [3.63, 3.8) is 0 Å². The predicted octanol–water partition coefficient (Wildman–Crippen LogP) is 2.32. The minimum atomic E-state index is -0.562. The van der Waals surface area contributed by atoms with Crippen molar-refractivity contribution in [2.45, 2.75) is 37.9 Å². The summed E-state index contributed by atoms with van der Waals surface area (Å²) in [5.41, 5.74) is 1.05. The van der Waals surface area contributed by atoms with Gasteiger partial charge in [0.25, 0.3) is 5.56 Å². The van der Waals surface area contributed by atoms with Crippen LogP contribution in [0.15, 0.2) is 22.6 Å². The number of nitrogens with one attached hydrogen (secondary N) is 2. The van der Waals surface area contributed by atoms with Crippen LogP contribution in [0, 0.1) is 5.92 Å². The molecular weight excluding hydrogens is 384 g/mol. The molecule has 3 amide bonds. The molecule has 0 saturated carbocycles. The molecule has 144 valence electrons. The van der Waals surface area contributed by atoms with Crippen LogP contribution in [-0.4, -0.2) is 34.3 Å². The van der Waals surface area contributed by atoms with E-state index >= 15 is 0 Å². The second kappa shape index (κ2) is 8.26. The molecule has 0 saturated heterocycles. The normalized spacial score (nSPS) is 16.0. The first-order valence-electron chi connectivity index (χ1n) is 8.75. The fourth-order valence-corrected chi connectivity index (χ4v) is 5.39. The first kappa shape index (κ1) is 19.6. The van der Waals surface area contributed by atoms with Crippen molar-refractivity contribution in [1.29, 1.82) is 0 Å². The SMILES string of the molecule is C=CCn1c(SCC(=O)NC(=O)NC)nc2sc3c(c2c1=O)CCC(C)C3. The van der Waals surface area contributed by atoms with E-state index in [4.69, 9.17) is 0 Å².